The number of amides is 1. The van der Waals surface area contributed by atoms with Crippen LogP contribution in [0.1, 0.15) is 10.5 Å². The van der Waals surface area contributed by atoms with E-state index >= 15 is 0 Å². The molecule has 0 bridgehead atoms. The number of rotatable bonds is 3. The first kappa shape index (κ1) is 17.0. The second-order valence-corrected chi connectivity index (χ2v) is 6.43. The van der Waals surface area contributed by atoms with E-state index in [0.29, 0.717) is 15.7 Å². The Morgan fingerprint density at radius 1 is 1.04 bits per heavy atom. The molecule has 2 aromatic rings. The third-order valence-corrected chi connectivity index (χ3v) is 4.54. The smallest absolute Gasteiger partial charge is 0.276 e. The van der Waals surface area contributed by atoms with Crippen LogP contribution < -0.4 is 10.2 Å². The van der Waals surface area contributed by atoms with E-state index in [2.05, 4.69) is 32.4 Å². The van der Waals surface area contributed by atoms with Gasteiger partial charge in [-0.05, 0) is 31.3 Å². The van der Waals surface area contributed by atoms with Crippen LogP contribution in [0.2, 0.25) is 10.0 Å². The molecule has 24 heavy (non-hydrogen) atoms. The number of hydrogen-bond acceptors (Lipinski definition) is 5. The fourth-order valence-corrected chi connectivity index (χ4v) is 2.94. The Hall–Kier alpha value is -1.89. The average molecular weight is 366 g/mol. The average Bonchev–Trinajstić information content (AvgIpc) is 2.59. The maximum atomic E-state index is 12.3. The lowest BCUT2D eigenvalue weighted by Crippen LogP contribution is -2.44. The van der Waals surface area contributed by atoms with Crippen molar-refractivity contribution < 1.29 is 4.79 Å². The molecule has 1 N–H and O–H groups in total. The molecule has 0 atom stereocenters. The van der Waals surface area contributed by atoms with Crippen LogP contribution in [-0.4, -0.2) is 54.2 Å². The predicted molar refractivity (Wildman–Crippen MR) is 96.2 cm³/mol. The van der Waals surface area contributed by atoms with E-state index in [1.165, 1.54) is 0 Å². The molecule has 0 saturated carbocycles. The number of nitrogens with zero attached hydrogens (tertiary/aromatic N) is 4. The van der Waals surface area contributed by atoms with Crippen LogP contribution in [0.15, 0.2) is 30.3 Å². The standard InChI is InChI=1S/C16H17Cl2N5O/c1-22-7-9-23(10-8-22)14-6-5-13(20-21-14)16(24)19-15-11(17)3-2-4-12(15)18/h2-6H,7-10H2,1H3,(H,19,24). The molecule has 3 rings (SSSR count). The highest BCUT2D eigenvalue weighted by Crippen LogP contribution is 2.30. The van der Waals surface area contributed by atoms with Gasteiger partial charge in [0, 0.05) is 26.2 Å². The van der Waals surface area contributed by atoms with E-state index in [9.17, 15) is 4.79 Å². The molecule has 1 saturated heterocycles. The molecule has 1 aliphatic heterocycles. The number of likely N-dealkylation sites (N-methyl/N-ethyl adjacent to an activating group) is 1. The van der Waals surface area contributed by atoms with Gasteiger partial charge in [-0.25, -0.2) is 0 Å². The first-order chi connectivity index (χ1) is 11.5. The van der Waals surface area contributed by atoms with Crippen LogP contribution in [0.3, 0.4) is 0 Å². The SMILES string of the molecule is CN1CCN(c2ccc(C(=O)Nc3c(Cl)cccc3Cl)nn2)CC1. The zero-order valence-corrected chi connectivity index (χ0v) is 14.7. The zero-order valence-electron chi connectivity index (χ0n) is 13.2. The maximum absolute atomic E-state index is 12.3. The maximum Gasteiger partial charge on any atom is 0.276 e. The lowest BCUT2D eigenvalue weighted by atomic mass is 10.3. The van der Waals surface area contributed by atoms with E-state index in [0.717, 1.165) is 32.0 Å². The molecule has 0 radical (unpaired) electrons. The van der Waals surface area contributed by atoms with E-state index in [1.807, 2.05) is 0 Å². The molecule has 0 unspecified atom stereocenters. The van der Waals surface area contributed by atoms with Crippen molar-refractivity contribution in [2.24, 2.45) is 0 Å². The third-order valence-electron chi connectivity index (χ3n) is 3.91. The summed E-state index contributed by atoms with van der Waals surface area (Å²) in [5.74, 6) is 0.373. The van der Waals surface area contributed by atoms with Crippen LogP contribution in [0, 0.1) is 0 Å². The number of halogens is 2. The largest absolute Gasteiger partial charge is 0.353 e. The van der Waals surface area contributed by atoms with Crippen molar-refractivity contribution in [1.82, 2.24) is 15.1 Å². The van der Waals surface area contributed by atoms with E-state index < -0.39 is 5.91 Å². The monoisotopic (exact) mass is 365 g/mol. The van der Waals surface area contributed by atoms with E-state index in [1.54, 1.807) is 30.3 Å². The molecule has 6 nitrogen and oxygen atoms in total. The van der Waals surface area contributed by atoms with Crippen LogP contribution in [0.25, 0.3) is 0 Å². The van der Waals surface area contributed by atoms with Gasteiger partial charge in [-0.1, -0.05) is 29.3 Å². The molecular formula is C16H17Cl2N5O. The van der Waals surface area contributed by atoms with Crippen molar-refractivity contribution in [2.75, 3.05) is 43.4 Å². The highest BCUT2D eigenvalue weighted by atomic mass is 35.5. The van der Waals surface area contributed by atoms with Gasteiger partial charge in [0.15, 0.2) is 11.5 Å². The summed E-state index contributed by atoms with van der Waals surface area (Å²) in [6.07, 6.45) is 0. The number of hydrogen-bond donors (Lipinski definition) is 1. The minimum Gasteiger partial charge on any atom is -0.353 e. The quantitative estimate of drug-likeness (QED) is 0.905. The summed E-state index contributed by atoms with van der Waals surface area (Å²) >= 11 is 12.1. The third kappa shape index (κ3) is 3.77. The summed E-state index contributed by atoms with van der Waals surface area (Å²) in [6, 6.07) is 8.49. The van der Waals surface area contributed by atoms with Gasteiger partial charge in [0.05, 0.1) is 15.7 Å². The van der Waals surface area contributed by atoms with Gasteiger partial charge in [0.2, 0.25) is 0 Å². The summed E-state index contributed by atoms with van der Waals surface area (Å²) in [6.45, 7) is 3.75. The van der Waals surface area contributed by atoms with Gasteiger partial charge in [0.1, 0.15) is 0 Å². The predicted octanol–water partition coefficient (Wildman–Crippen LogP) is 2.79. The molecule has 126 valence electrons. The number of nitrogens with one attached hydrogen (secondary N) is 1. The highest BCUT2D eigenvalue weighted by Gasteiger charge is 2.17. The number of benzene rings is 1. The minimum atomic E-state index is -0.401. The van der Waals surface area contributed by atoms with Crippen molar-refractivity contribution in [1.29, 1.82) is 0 Å². The highest BCUT2D eigenvalue weighted by molar-refractivity contribution is 6.39. The number of carbonyl (C=O) groups is 1. The number of para-hydroxylation sites is 1. The van der Waals surface area contributed by atoms with Crippen molar-refractivity contribution in [3.05, 3.63) is 46.1 Å². The number of anilines is 2. The molecule has 1 aromatic heterocycles. The van der Waals surface area contributed by atoms with Crippen LogP contribution in [0.5, 0.6) is 0 Å². The summed E-state index contributed by atoms with van der Waals surface area (Å²) in [5.41, 5.74) is 0.583. The summed E-state index contributed by atoms with van der Waals surface area (Å²) < 4.78 is 0. The molecular weight excluding hydrogens is 349 g/mol. The normalized spacial score (nSPS) is 15.4. The summed E-state index contributed by atoms with van der Waals surface area (Å²) in [5, 5.41) is 11.6. The Labute approximate surface area is 150 Å². The Bertz CT molecular complexity index is 709. The van der Waals surface area contributed by atoms with Crippen molar-refractivity contribution in [2.45, 2.75) is 0 Å². The Balaban J connectivity index is 1.70. The molecule has 0 spiro atoms. The van der Waals surface area contributed by atoms with Gasteiger partial charge in [-0.3, -0.25) is 4.79 Å². The number of aromatic nitrogens is 2. The second kappa shape index (κ2) is 7.34. The Morgan fingerprint density at radius 2 is 1.71 bits per heavy atom. The summed E-state index contributed by atoms with van der Waals surface area (Å²) in [7, 11) is 2.09. The van der Waals surface area contributed by atoms with Crippen molar-refractivity contribution in [3.8, 4) is 0 Å². The van der Waals surface area contributed by atoms with Gasteiger partial charge < -0.3 is 15.1 Å². The fraction of sp³-hybridized carbons (Fsp3) is 0.312. The minimum absolute atomic E-state index is 0.212. The topological polar surface area (TPSA) is 61.4 Å². The Kier molecular flexibility index (Phi) is 5.18. The summed E-state index contributed by atoms with van der Waals surface area (Å²) in [4.78, 5) is 16.7. The van der Waals surface area contributed by atoms with E-state index in [-0.39, 0.29) is 5.69 Å². The zero-order chi connectivity index (χ0) is 17.1. The number of carbonyl (C=O) groups excluding carboxylic acids is 1. The van der Waals surface area contributed by atoms with Crippen molar-refractivity contribution >= 4 is 40.6 Å². The van der Waals surface area contributed by atoms with Gasteiger partial charge in [-0.2, -0.15) is 0 Å². The molecule has 1 amide bonds. The molecule has 2 heterocycles. The molecule has 1 aromatic carbocycles. The Morgan fingerprint density at radius 3 is 2.29 bits per heavy atom. The van der Waals surface area contributed by atoms with Crippen LogP contribution in [-0.2, 0) is 0 Å². The van der Waals surface area contributed by atoms with Crippen LogP contribution in [0.4, 0.5) is 11.5 Å². The first-order valence-corrected chi connectivity index (χ1v) is 8.33. The lowest BCUT2D eigenvalue weighted by molar-refractivity contribution is 0.102. The van der Waals surface area contributed by atoms with Gasteiger partial charge >= 0.3 is 0 Å². The molecule has 8 heteroatoms. The molecule has 0 aliphatic carbocycles. The molecule has 1 fully saturated rings. The van der Waals surface area contributed by atoms with Gasteiger partial charge in [0.25, 0.3) is 5.91 Å². The van der Waals surface area contributed by atoms with Gasteiger partial charge in [-0.15, -0.1) is 10.2 Å². The van der Waals surface area contributed by atoms with Crippen molar-refractivity contribution in [3.63, 3.8) is 0 Å². The van der Waals surface area contributed by atoms with E-state index in [4.69, 9.17) is 23.2 Å². The fourth-order valence-electron chi connectivity index (χ4n) is 2.45. The first-order valence-electron chi connectivity index (χ1n) is 7.57. The number of piperazine rings is 1. The lowest BCUT2D eigenvalue weighted by Gasteiger charge is -2.32. The molecule has 1 aliphatic rings. The van der Waals surface area contributed by atoms with Crippen LogP contribution >= 0.6 is 23.2 Å². The second-order valence-electron chi connectivity index (χ2n) is 5.62.